The number of hydrogen-bond acceptors (Lipinski definition) is 17. The van der Waals surface area contributed by atoms with Gasteiger partial charge in [0, 0.05) is 81.4 Å². The van der Waals surface area contributed by atoms with Crippen molar-refractivity contribution in [1.82, 2.24) is 34.8 Å². The Morgan fingerprint density at radius 3 is 1.88 bits per heavy atom. The molecule has 3 aromatic carbocycles. The Morgan fingerprint density at radius 2 is 1.24 bits per heavy atom. The Morgan fingerprint density at radius 1 is 0.631 bits per heavy atom. The number of benzene rings is 3. The summed E-state index contributed by atoms with van der Waals surface area (Å²) >= 11 is 0. The van der Waals surface area contributed by atoms with E-state index in [4.69, 9.17) is 23.7 Å². The van der Waals surface area contributed by atoms with Crippen molar-refractivity contribution in [3.8, 4) is 17.2 Å². The molecule has 27 heteroatoms. The summed E-state index contributed by atoms with van der Waals surface area (Å²) in [4.78, 5) is 107. The van der Waals surface area contributed by atoms with Crippen molar-refractivity contribution in [1.29, 1.82) is 0 Å². The van der Waals surface area contributed by atoms with E-state index in [-0.39, 0.29) is 129 Å². The molecule has 1 saturated heterocycles. The Hall–Kier alpha value is -8.34. The number of carbonyl (C=O) groups excluding carboxylic acids is 2. The summed E-state index contributed by atoms with van der Waals surface area (Å²) in [7, 11) is 0. The van der Waals surface area contributed by atoms with Crippen molar-refractivity contribution in [2.24, 2.45) is 0 Å². The summed E-state index contributed by atoms with van der Waals surface area (Å²) in [6.45, 7) is 6.45. The van der Waals surface area contributed by atoms with E-state index in [1.54, 1.807) is 87.3 Å². The Labute approximate surface area is 486 Å². The van der Waals surface area contributed by atoms with E-state index in [1.807, 2.05) is 32.0 Å². The number of carboxylic acids is 5. The van der Waals surface area contributed by atoms with Crippen LogP contribution in [0, 0.1) is 6.92 Å². The first kappa shape index (κ1) is 66.5. The lowest BCUT2D eigenvalue weighted by atomic mass is 10.0. The smallest absolute Gasteiger partial charge is 0.319 e. The third kappa shape index (κ3) is 23.5. The largest absolute Gasteiger partial charge is 0.494 e. The third-order valence-electron chi connectivity index (χ3n) is 13.1. The van der Waals surface area contributed by atoms with Crippen LogP contribution in [0.15, 0.2) is 83.8 Å². The number of aliphatic carboxylic acids is 5. The molecular formula is C57H77N9O18. The van der Waals surface area contributed by atoms with E-state index in [9.17, 15) is 63.9 Å². The first-order valence-corrected chi connectivity index (χ1v) is 27.5. The first-order valence-electron chi connectivity index (χ1n) is 27.5. The molecule has 0 bridgehead atoms. The average Bonchev–Trinajstić information content (AvgIpc) is 2.82. The number of amides is 4. The highest BCUT2D eigenvalue weighted by Crippen LogP contribution is 2.28. The van der Waals surface area contributed by atoms with Crippen molar-refractivity contribution in [3.05, 3.63) is 112 Å². The minimum absolute atomic E-state index is 0.0386. The molecule has 1 aromatic heterocycles. The quantitative estimate of drug-likeness (QED) is 0.0317. The molecule has 0 saturated carbocycles. The van der Waals surface area contributed by atoms with Gasteiger partial charge in [0.25, 0.3) is 5.56 Å². The zero-order valence-corrected chi connectivity index (χ0v) is 47.5. The molecule has 27 nitrogen and oxygen atoms in total. The molecule has 458 valence electrons. The van der Waals surface area contributed by atoms with E-state index in [0.29, 0.717) is 47.1 Å². The fraction of sp³-hybridized carbons (Fsp3) is 0.474. The fourth-order valence-electron chi connectivity index (χ4n) is 9.33. The number of rotatable bonds is 32. The van der Waals surface area contributed by atoms with Crippen molar-refractivity contribution >= 4 is 53.3 Å². The molecular weight excluding hydrogens is 1100 g/mol. The van der Waals surface area contributed by atoms with E-state index in [0.717, 1.165) is 5.56 Å². The van der Waals surface area contributed by atoms with Gasteiger partial charge in [-0.2, -0.15) is 0 Å². The molecule has 5 rings (SSSR count). The highest BCUT2D eigenvalue weighted by molar-refractivity contribution is 5.91. The van der Waals surface area contributed by atoms with Crippen LogP contribution in [0.25, 0.3) is 0 Å². The van der Waals surface area contributed by atoms with Crippen LogP contribution in [-0.4, -0.2) is 222 Å². The van der Waals surface area contributed by atoms with Crippen LogP contribution in [0.3, 0.4) is 0 Å². The summed E-state index contributed by atoms with van der Waals surface area (Å²) in [5, 5.41) is 59.3. The van der Waals surface area contributed by atoms with Gasteiger partial charge in [-0.05, 0) is 68.7 Å². The van der Waals surface area contributed by atoms with Gasteiger partial charge in [0.05, 0.1) is 84.8 Å². The molecule has 1 aliphatic rings. The van der Waals surface area contributed by atoms with Crippen molar-refractivity contribution in [2.75, 3.05) is 135 Å². The number of carbonyl (C=O) groups is 7. The lowest BCUT2D eigenvalue weighted by molar-refractivity contribution is -0.142. The number of hydrogen-bond donors (Lipinski definition) is 9. The van der Waals surface area contributed by atoms with Crippen LogP contribution >= 0.6 is 0 Å². The Balaban J connectivity index is 1.13. The van der Waals surface area contributed by atoms with Crippen LogP contribution in [-0.2, 0) is 46.4 Å². The third-order valence-corrected chi connectivity index (χ3v) is 13.1. The summed E-state index contributed by atoms with van der Waals surface area (Å²) in [5.74, 6) is -4.45. The normalized spacial score (nSPS) is 15.1. The number of urea groups is 2. The zero-order chi connectivity index (χ0) is 61.0. The Kier molecular flexibility index (Phi) is 27.7. The molecule has 4 aromatic rings. The van der Waals surface area contributed by atoms with E-state index >= 15 is 0 Å². The SMILES string of the molecule is CCOc1cccc([C@H](CC(=O)O)NC(=O)Nc2c(OCCOCCOCCNC(=O)Nc3ccc(CC4CN(CC(=O)O)CCN(CC(=O)O)CCN(CC(=O)O)CCN4CC(=O)O)cc3)c(C)cn(Cc3ccccc3OCC)c2=O)c1. The minimum atomic E-state index is -1.17. The lowest BCUT2D eigenvalue weighted by Crippen LogP contribution is -2.53. The second-order valence-corrected chi connectivity index (χ2v) is 19.6. The molecule has 1 unspecified atom stereocenters. The number of para-hydroxylation sites is 1. The number of pyridine rings is 1. The molecule has 1 aliphatic heterocycles. The van der Waals surface area contributed by atoms with Gasteiger partial charge >= 0.3 is 41.9 Å². The van der Waals surface area contributed by atoms with Crippen LogP contribution < -0.4 is 41.0 Å². The van der Waals surface area contributed by atoms with Gasteiger partial charge in [-0.3, -0.25) is 48.4 Å². The van der Waals surface area contributed by atoms with Gasteiger partial charge in [-0.15, -0.1) is 0 Å². The highest BCUT2D eigenvalue weighted by Gasteiger charge is 2.28. The Bertz CT molecular complexity index is 2870. The molecule has 9 N–H and O–H groups in total. The molecule has 0 aliphatic carbocycles. The fourth-order valence-corrected chi connectivity index (χ4v) is 9.33. The first-order chi connectivity index (χ1) is 40.3. The monoisotopic (exact) mass is 1180 g/mol. The molecule has 84 heavy (non-hydrogen) atoms. The molecule has 1 fully saturated rings. The minimum Gasteiger partial charge on any atom is -0.494 e. The van der Waals surface area contributed by atoms with Crippen LogP contribution in [0.2, 0.25) is 0 Å². The maximum absolute atomic E-state index is 14.2. The number of nitrogens with one attached hydrogen (secondary N) is 4. The standard InChI is InChI=1S/C57H77N9O18/c1-4-82-45-11-8-10-41(30-45)46(31-48(67)68)60-57(79)61-53-54(39(3)32-66(55(53)77)33-42-9-6-7-12-47(42)83-5-2)84-28-27-81-26-25-80-24-17-58-56(78)59-43-15-13-40(14-16-43)29-44-34-64(37-51(73)74)21-20-62(35-49(69)70)18-19-63(36-50(71)72)22-23-65(44)38-52(75)76/h6-16,30,32,44,46H,4-5,17-29,31,33-38H2,1-3H3,(H,67,68)(H,69,70)(H,71,72)(H,73,74)(H,75,76)(H2,58,59,78)(H2,60,61,79)/t44?,46-/m0/s1. The number of nitrogens with zero attached hydrogens (tertiary/aromatic N) is 5. The predicted molar refractivity (Wildman–Crippen MR) is 306 cm³/mol. The van der Waals surface area contributed by atoms with E-state index in [2.05, 4.69) is 21.3 Å². The molecule has 2 atom stereocenters. The van der Waals surface area contributed by atoms with Crippen LogP contribution in [0.4, 0.5) is 21.0 Å². The lowest BCUT2D eigenvalue weighted by Gasteiger charge is -2.37. The predicted octanol–water partition coefficient (Wildman–Crippen LogP) is 3.04. The van der Waals surface area contributed by atoms with Gasteiger partial charge in [-0.25, -0.2) is 9.59 Å². The number of aryl methyl sites for hydroxylation is 1. The number of anilines is 2. The van der Waals surface area contributed by atoms with Crippen LogP contribution in [0.1, 0.15) is 48.6 Å². The molecule has 0 spiro atoms. The van der Waals surface area contributed by atoms with Crippen molar-refractivity contribution < 1.29 is 82.8 Å². The van der Waals surface area contributed by atoms with Gasteiger partial charge in [0.1, 0.15) is 18.1 Å². The summed E-state index contributed by atoms with van der Waals surface area (Å²) < 4.78 is 30.2. The second kappa shape index (κ2) is 34.9. The number of ether oxygens (including phenoxy) is 5. The summed E-state index contributed by atoms with van der Waals surface area (Å²) in [5.41, 5.74) is 2.10. The van der Waals surface area contributed by atoms with Crippen LogP contribution in [0.5, 0.6) is 17.2 Å². The van der Waals surface area contributed by atoms with Gasteiger partial charge < -0.3 is 75.1 Å². The molecule has 0 radical (unpaired) electrons. The van der Waals surface area contributed by atoms with Crippen molar-refractivity contribution in [3.63, 3.8) is 0 Å². The van der Waals surface area contributed by atoms with Crippen molar-refractivity contribution in [2.45, 2.75) is 52.2 Å². The second-order valence-electron chi connectivity index (χ2n) is 19.6. The number of carboxylic acid groups (broad SMARTS) is 5. The van der Waals surface area contributed by atoms with E-state index < -0.39 is 72.5 Å². The summed E-state index contributed by atoms with van der Waals surface area (Å²) in [6.07, 6.45) is 1.40. The van der Waals surface area contributed by atoms with Gasteiger partial charge in [0.15, 0.2) is 11.4 Å². The topological polar surface area (TPSA) is 350 Å². The summed E-state index contributed by atoms with van der Waals surface area (Å²) in [6, 6.07) is 17.8. The zero-order valence-electron chi connectivity index (χ0n) is 47.5. The maximum atomic E-state index is 14.2. The van der Waals surface area contributed by atoms with Gasteiger partial charge in [-0.1, -0.05) is 42.5 Å². The molecule has 2 heterocycles. The van der Waals surface area contributed by atoms with E-state index in [1.165, 1.54) is 4.57 Å². The maximum Gasteiger partial charge on any atom is 0.319 e. The highest BCUT2D eigenvalue weighted by atomic mass is 16.5. The number of aromatic nitrogens is 1. The van der Waals surface area contributed by atoms with Gasteiger partial charge in [0.2, 0.25) is 0 Å². The average molecular weight is 1180 g/mol. The molecule has 4 amide bonds.